The van der Waals surface area contributed by atoms with Crippen LogP contribution in [0.4, 0.5) is 0 Å². The van der Waals surface area contributed by atoms with Crippen molar-refractivity contribution in [3.63, 3.8) is 0 Å². The van der Waals surface area contributed by atoms with Gasteiger partial charge in [0.25, 0.3) is 0 Å². The minimum Gasteiger partial charge on any atom is -0.394 e. The van der Waals surface area contributed by atoms with Gasteiger partial charge in [-0.15, -0.1) is 11.6 Å². The normalized spacial score (nSPS) is 12.2. The Bertz CT molecular complexity index is 329. The number of rotatable bonds is 5. The number of nitrogens with zero attached hydrogens (tertiary/aromatic N) is 1. The third-order valence-corrected chi connectivity index (χ3v) is 2.66. The summed E-state index contributed by atoms with van der Waals surface area (Å²) in [6.45, 7) is 2.22. The number of carbonyl (C=O) groups is 1. The van der Waals surface area contributed by atoms with E-state index in [2.05, 4.69) is 0 Å². The van der Waals surface area contributed by atoms with E-state index in [0.29, 0.717) is 6.54 Å². The smallest absolute Gasteiger partial charge is 0.238 e. The van der Waals surface area contributed by atoms with E-state index in [4.69, 9.17) is 16.7 Å². The maximum absolute atomic E-state index is 11.6. The fourth-order valence-electron chi connectivity index (χ4n) is 1.45. The summed E-state index contributed by atoms with van der Waals surface area (Å²) in [5, 5.41) is 9.09. The van der Waals surface area contributed by atoms with Crippen LogP contribution in [0.25, 0.3) is 0 Å². The summed E-state index contributed by atoms with van der Waals surface area (Å²) >= 11 is 5.54. The average Bonchev–Trinajstić information content (AvgIpc) is 2.35. The van der Waals surface area contributed by atoms with Crippen molar-refractivity contribution >= 4 is 17.5 Å². The molecule has 0 spiro atoms. The number of aliphatic hydroxyl groups is 1. The van der Waals surface area contributed by atoms with Crippen LogP contribution in [0.3, 0.4) is 0 Å². The summed E-state index contributed by atoms with van der Waals surface area (Å²) in [7, 11) is 0. The molecule has 0 aliphatic carbocycles. The quantitative estimate of drug-likeness (QED) is 0.797. The maximum atomic E-state index is 11.6. The third kappa shape index (κ3) is 3.51. The van der Waals surface area contributed by atoms with Crippen molar-refractivity contribution in [1.82, 2.24) is 4.90 Å². The van der Waals surface area contributed by atoms with Gasteiger partial charge in [-0.1, -0.05) is 30.3 Å². The van der Waals surface area contributed by atoms with E-state index >= 15 is 0 Å². The molecule has 16 heavy (non-hydrogen) atoms. The fourth-order valence-corrected chi connectivity index (χ4v) is 1.60. The van der Waals surface area contributed by atoms with Crippen LogP contribution in [-0.4, -0.2) is 34.4 Å². The molecule has 3 nitrogen and oxygen atoms in total. The standard InChI is InChI=1S/C12H16ClNO2/c1-10(9-15)14(12(16)7-13)8-11-5-3-2-4-6-11/h2-6,10,15H,7-9H2,1H3/t10-/m1/s1. The monoisotopic (exact) mass is 241 g/mol. The lowest BCUT2D eigenvalue weighted by molar-refractivity contribution is -0.132. The fraction of sp³-hybridized carbons (Fsp3) is 0.417. The molecule has 1 aromatic carbocycles. The first-order valence-corrected chi connectivity index (χ1v) is 5.72. The molecule has 0 saturated carbocycles. The van der Waals surface area contributed by atoms with Gasteiger partial charge >= 0.3 is 0 Å². The summed E-state index contributed by atoms with van der Waals surface area (Å²) < 4.78 is 0. The van der Waals surface area contributed by atoms with Gasteiger partial charge < -0.3 is 10.0 Å². The van der Waals surface area contributed by atoms with Crippen LogP contribution in [0.15, 0.2) is 30.3 Å². The molecule has 0 aliphatic heterocycles. The Hall–Kier alpha value is -1.06. The lowest BCUT2D eigenvalue weighted by Gasteiger charge is -2.27. The number of carbonyl (C=O) groups excluding carboxylic acids is 1. The molecular formula is C12H16ClNO2. The second-order valence-corrected chi connectivity index (χ2v) is 3.94. The summed E-state index contributed by atoms with van der Waals surface area (Å²) in [4.78, 5) is 13.2. The largest absolute Gasteiger partial charge is 0.394 e. The van der Waals surface area contributed by atoms with Crippen LogP contribution >= 0.6 is 11.6 Å². The first-order chi connectivity index (χ1) is 7.69. The highest BCUT2D eigenvalue weighted by molar-refractivity contribution is 6.27. The van der Waals surface area contributed by atoms with Crippen LogP contribution in [0.5, 0.6) is 0 Å². The van der Waals surface area contributed by atoms with Crippen LogP contribution < -0.4 is 0 Å². The van der Waals surface area contributed by atoms with E-state index < -0.39 is 0 Å². The Morgan fingerprint density at radius 1 is 1.44 bits per heavy atom. The van der Waals surface area contributed by atoms with Gasteiger partial charge in [0.15, 0.2) is 0 Å². The molecule has 1 rings (SSSR count). The van der Waals surface area contributed by atoms with E-state index in [-0.39, 0.29) is 24.4 Å². The Labute approximate surface area is 101 Å². The average molecular weight is 242 g/mol. The molecule has 0 aliphatic rings. The molecule has 1 amide bonds. The molecular weight excluding hydrogens is 226 g/mol. The summed E-state index contributed by atoms with van der Waals surface area (Å²) in [6.07, 6.45) is 0. The maximum Gasteiger partial charge on any atom is 0.238 e. The topological polar surface area (TPSA) is 40.5 Å². The Kier molecular flexibility index (Phi) is 5.29. The number of hydrogen-bond acceptors (Lipinski definition) is 2. The number of benzene rings is 1. The van der Waals surface area contributed by atoms with Gasteiger partial charge in [0.2, 0.25) is 5.91 Å². The second kappa shape index (κ2) is 6.51. The van der Waals surface area contributed by atoms with Crippen LogP contribution in [0.1, 0.15) is 12.5 Å². The van der Waals surface area contributed by atoms with Crippen molar-refractivity contribution in [1.29, 1.82) is 0 Å². The van der Waals surface area contributed by atoms with Crippen molar-refractivity contribution in [2.45, 2.75) is 19.5 Å². The van der Waals surface area contributed by atoms with Crippen LogP contribution in [0, 0.1) is 0 Å². The minimum absolute atomic E-state index is 0.0584. The molecule has 4 heteroatoms. The molecule has 0 saturated heterocycles. The molecule has 0 aromatic heterocycles. The van der Waals surface area contributed by atoms with Crippen LogP contribution in [-0.2, 0) is 11.3 Å². The van der Waals surface area contributed by atoms with Crippen molar-refractivity contribution in [2.24, 2.45) is 0 Å². The number of hydrogen-bond donors (Lipinski definition) is 1. The summed E-state index contributed by atoms with van der Waals surface area (Å²) in [6, 6.07) is 9.43. The predicted octanol–water partition coefficient (Wildman–Crippen LogP) is 1.63. The van der Waals surface area contributed by atoms with Gasteiger partial charge in [-0.2, -0.15) is 0 Å². The molecule has 0 bridgehead atoms. The number of aliphatic hydroxyl groups excluding tert-OH is 1. The first-order valence-electron chi connectivity index (χ1n) is 5.19. The molecule has 1 N–H and O–H groups in total. The second-order valence-electron chi connectivity index (χ2n) is 3.67. The lowest BCUT2D eigenvalue weighted by Crippen LogP contribution is -2.40. The molecule has 0 fully saturated rings. The highest BCUT2D eigenvalue weighted by Gasteiger charge is 2.18. The van der Waals surface area contributed by atoms with E-state index in [0.717, 1.165) is 5.56 Å². The zero-order chi connectivity index (χ0) is 12.0. The molecule has 0 heterocycles. The van der Waals surface area contributed by atoms with Gasteiger partial charge in [0.05, 0.1) is 12.6 Å². The van der Waals surface area contributed by atoms with E-state index in [1.165, 1.54) is 0 Å². The Morgan fingerprint density at radius 3 is 2.56 bits per heavy atom. The Morgan fingerprint density at radius 2 is 2.06 bits per heavy atom. The van der Waals surface area contributed by atoms with Crippen molar-refractivity contribution in [2.75, 3.05) is 12.5 Å². The van der Waals surface area contributed by atoms with Gasteiger partial charge in [-0.25, -0.2) is 0 Å². The summed E-state index contributed by atoms with van der Waals surface area (Å²) in [5.41, 5.74) is 1.03. The van der Waals surface area contributed by atoms with E-state index in [1.54, 1.807) is 11.8 Å². The number of alkyl halides is 1. The highest BCUT2D eigenvalue weighted by atomic mass is 35.5. The zero-order valence-electron chi connectivity index (χ0n) is 9.27. The summed E-state index contributed by atoms with van der Waals surface area (Å²) in [5.74, 6) is -0.218. The zero-order valence-corrected chi connectivity index (χ0v) is 10.0. The molecule has 1 aromatic rings. The molecule has 1 atom stereocenters. The van der Waals surface area contributed by atoms with Gasteiger partial charge in [0, 0.05) is 6.54 Å². The minimum atomic E-state index is -0.216. The van der Waals surface area contributed by atoms with E-state index in [9.17, 15) is 4.79 Å². The van der Waals surface area contributed by atoms with Gasteiger partial charge in [-0.05, 0) is 12.5 Å². The van der Waals surface area contributed by atoms with Gasteiger partial charge in [-0.3, -0.25) is 4.79 Å². The lowest BCUT2D eigenvalue weighted by atomic mass is 10.2. The number of amides is 1. The van der Waals surface area contributed by atoms with Crippen LogP contribution in [0.2, 0.25) is 0 Å². The number of halogens is 1. The van der Waals surface area contributed by atoms with Crippen molar-refractivity contribution < 1.29 is 9.90 Å². The van der Waals surface area contributed by atoms with E-state index in [1.807, 2.05) is 30.3 Å². The van der Waals surface area contributed by atoms with Crippen molar-refractivity contribution in [3.05, 3.63) is 35.9 Å². The Balaban J connectivity index is 2.75. The molecule has 0 radical (unpaired) electrons. The SMILES string of the molecule is C[C@H](CO)N(Cc1ccccc1)C(=O)CCl. The van der Waals surface area contributed by atoms with Gasteiger partial charge in [0.1, 0.15) is 5.88 Å². The molecule has 88 valence electrons. The molecule has 0 unspecified atom stereocenters. The third-order valence-electron chi connectivity index (χ3n) is 2.43. The first kappa shape index (κ1) is 13.0. The predicted molar refractivity (Wildman–Crippen MR) is 64.3 cm³/mol. The highest BCUT2D eigenvalue weighted by Crippen LogP contribution is 2.09. The van der Waals surface area contributed by atoms with Crippen molar-refractivity contribution in [3.8, 4) is 0 Å².